The Balaban J connectivity index is 2.19. The highest BCUT2D eigenvalue weighted by atomic mass is 35.5. The lowest BCUT2D eigenvalue weighted by Gasteiger charge is -2.14. The minimum absolute atomic E-state index is 0.00390. The monoisotopic (exact) mass is 382 g/mol. The molecule has 0 aliphatic heterocycles. The van der Waals surface area contributed by atoms with Gasteiger partial charge in [-0.1, -0.05) is 35.9 Å². The molecule has 0 aliphatic rings. The molecule has 8 heteroatoms. The molecule has 1 unspecified atom stereocenters. The van der Waals surface area contributed by atoms with Gasteiger partial charge in [0.05, 0.1) is 4.90 Å². The van der Waals surface area contributed by atoms with Crippen LogP contribution in [0.25, 0.3) is 11.1 Å². The molecule has 1 atom stereocenters. The summed E-state index contributed by atoms with van der Waals surface area (Å²) in [6.07, 6.45) is 0.545. The Morgan fingerprint density at radius 1 is 1.08 bits per heavy atom. The number of sulfonamides is 1. The summed E-state index contributed by atoms with van der Waals surface area (Å²) in [7, 11) is -3.93. The minimum atomic E-state index is -3.93. The van der Waals surface area contributed by atoms with Crippen LogP contribution in [0.15, 0.2) is 53.4 Å². The Kier molecular flexibility index (Phi) is 6.55. The Labute approximate surface area is 151 Å². The van der Waals surface area contributed by atoms with E-state index in [0.717, 1.165) is 11.1 Å². The molecule has 6 nitrogen and oxygen atoms in total. The van der Waals surface area contributed by atoms with Gasteiger partial charge in [-0.15, -0.1) is 0 Å². The van der Waals surface area contributed by atoms with Gasteiger partial charge in [0.15, 0.2) is 0 Å². The quantitative estimate of drug-likeness (QED) is 0.649. The van der Waals surface area contributed by atoms with Crippen LogP contribution in [-0.2, 0) is 14.8 Å². The predicted octanol–water partition coefficient (Wildman–Crippen LogP) is 2.48. The summed E-state index contributed by atoms with van der Waals surface area (Å²) in [4.78, 5) is 11.2. The van der Waals surface area contributed by atoms with Crippen molar-refractivity contribution < 1.29 is 18.3 Å². The maximum Gasteiger partial charge on any atom is 0.321 e. The molecule has 0 heterocycles. The summed E-state index contributed by atoms with van der Waals surface area (Å²) in [5, 5.41) is 9.76. The van der Waals surface area contributed by atoms with Crippen molar-refractivity contribution in [3.8, 4) is 11.1 Å². The highest BCUT2D eigenvalue weighted by Crippen LogP contribution is 2.23. The maximum atomic E-state index is 12.4. The molecule has 0 aromatic heterocycles. The van der Waals surface area contributed by atoms with Gasteiger partial charge < -0.3 is 10.8 Å². The second-order valence-corrected chi connectivity index (χ2v) is 7.62. The second kappa shape index (κ2) is 8.44. The molecule has 0 aliphatic carbocycles. The first kappa shape index (κ1) is 19.4. The molecule has 0 radical (unpaired) electrons. The Morgan fingerprint density at radius 2 is 1.60 bits per heavy atom. The molecule has 4 N–H and O–H groups in total. The third kappa shape index (κ3) is 5.27. The average Bonchev–Trinajstić information content (AvgIpc) is 2.59. The topological polar surface area (TPSA) is 109 Å². The number of hydrogen-bond acceptors (Lipinski definition) is 4. The lowest BCUT2D eigenvalue weighted by Crippen LogP contribution is -2.40. The molecule has 0 saturated carbocycles. The molecule has 0 bridgehead atoms. The maximum absolute atomic E-state index is 12.4. The zero-order valence-corrected chi connectivity index (χ0v) is 14.9. The Bertz CT molecular complexity index is 821. The molecular weight excluding hydrogens is 364 g/mol. The minimum Gasteiger partial charge on any atom is -0.480 e. The number of rotatable bonds is 8. The van der Waals surface area contributed by atoms with Gasteiger partial charge in [0.1, 0.15) is 6.04 Å². The summed E-state index contributed by atoms with van der Waals surface area (Å²) in [6, 6.07) is 12.2. The van der Waals surface area contributed by atoms with Gasteiger partial charge in [0.25, 0.3) is 0 Å². The van der Waals surface area contributed by atoms with E-state index in [1.807, 2.05) is 12.1 Å². The van der Waals surface area contributed by atoms with E-state index in [9.17, 15) is 13.2 Å². The molecule has 0 saturated heterocycles. The van der Waals surface area contributed by atoms with E-state index in [2.05, 4.69) is 4.72 Å². The number of carboxylic acids is 1. The standard InChI is InChI=1S/C17H19ClN2O4S/c18-14-7-3-12(4-8-14)13-5-9-15(10-6-13)25(23,24)20-16(17(21)22)2-1-11-19/h3-10,16,20H,1-2,11,19H2,(H,21,22). The van der Waals surface area contributed by atoms with Crippen LogP contribution in [0, 0.1) is 0 Å². The molecule has 2 aromatic rings. The molecule has 0 spiro atoms. The number of aliphatic carboxylic acids is 1. The first-order valence-corrected chi connectivity index (χ1v) is 9.51. The molecule has 2 aromatic carbocycles. The van der Waals surface area contributed by atoms with Crippen molar-refractivity contribution >= 4 is 27.6 Å². The van der Waals surface area contributed by atoms with Crippen molar-refractivity contribution in [3.05, 3.63) is 53.6 Å². The number of halogens is 1. The number of benzene rings is 2. The van der Waals surface area contributed by atoms with Gasteiger partial charge >= 0.3 is 5.97 Å². The van der Waals surface area contributed by atoms with E-state index in [1.54, 1.807) is 24.3 Å². The number of carbonyl (C=O) groups is 1. The predicted molar refractivity (Wildman–Crippen MR) is 96.9 cm³/mol. The van der Waals surface area contributed by atoms with Crippen molar-refractivity contribution in [2.75, 3.05) is 6.54 Å². The molecule has 2 rings (SSSR count). The van der Waals surface area contributed by atoms with E-state index in [0.29, 0.717) is 18.0 Å². The second-order valence-electron chi connectivity index (χ2n) is 5.47. The summed E-state index contributed by atoms with van der Waals surface area (Å²) < 4.78 is 27.0. The van der Waals surface area contributed by atoms with Crippen LogP contribution in [0.4, 0.5) is 0 Å². The van der Waals surface area contributed by atoms with Crippen LogP contribution in [0.2, 0.25) is 5.02 Å². The number of carboxylic acid groups (broad SMARTS) is 1. The highest BCUT2D eigenvalue weighted by molar-refractivity contribution is 7.89. The lowest BCUT2D eigenvalue weighted by molar-refractivity contribution is -0.139. The number of nitrogens with two attached hydrogens (primary N) is 1. The third-order valence-electron chi connectivity index (χ3n) is 3.63. The van der Waals surface area contributed by atoms with Gasteiger partial charge in [-0.25, -0.2) is 8.42 Å². The Morgan fingerprint density at radius 3 is 2.08 bits per heavy atom. The third-order valence-corrected chi connectivity index (χ3v) is 5.37. The molecule has 0 fully saturated rings. The van der Waals surface area contributed by atoms with Crippen LogP contribution in [-0.4, -0.2) is 32.1 Å². The van der Waals surface area contributed by atoms with Crippen LogP contribution in [0.1, 0.15) is 12.8 Å². The van der Waals surface area contributed by atoms with Crippen molar-refractivity contribution in [2.24, 2.45) is 5.73 Å². The normalized spacial score (nSPS) is 12.7. The number of nitrogens with one attached hydrogen (secondary N) is 1. The molecule has 134 valence electrons. The van der Waals surface area contributed by atoms with Crippen molar-refractivity contribution in [1.29, 1.82) is 0 Å². The molecule has 25 heavy (non-hydrogen) atoms. The smallest absolute Gasteiger partial charge is 0.321 e. The van der Waals surface area contributed by atoms with Crippen molar-refractivity contribution in [2.45, 2.75) is 23.8 Å². The summed E-state index contributed by atoms with van der Waals surface area (Å²) >= 11 is 5.85. The zero-order valence-electron chi connectivity index (χ0n) is 13.4. The van der Waals surface area contributed by atoms with E-state index in [4.69, 9.17) is 22.4 Å². The van der Waals surface area contributed by atoms with Crippen LogP contribution >= 0.6 is 11.6 Å². The van der Waals surface area contributed by atoms with E-state index < -0.39 is 22.0 Å². The van der Waals surface area contributed by atoms with Gasteiger partial charge in [0.2, 0.25) is 10.0 Å². The summed E-state index contributed by atoms with van der Waals surface area (Å²) in [5.41, 5.74) is 7.08. The van der Waals surface area contributed by atoms with E-state index in [-0.39, 0.29) is 11.3 Å². The fourth-order valence-electron chi connectivity index (χ4n) is 2.28. The van der Waals surface area contributed by atoms with Gasteiger partial charge in [0, 0.05) is 5.02 Å². The SMILES string of the molecule is NCCCC(NS(=O)(=O)c1ccc(-c2ccc(Cl)cc2)cc1)C(=O)O. The zero-order chi connectivity index (χ0) is 18.4. The molecule has 0 amide bonds. The van der Waals surface area contributed by atoms with Crippen LogP contribution < -0.4 is 10.5 Å². The molecular formula is C17H19ClN2O4S. The first-order chi connectivity index (χ1) is 11.8. The lowest BCUT2D eigenvalue weighted by atomic mass is 10.1. The van der Waals surface area contributed by atoms with Crippen molar-refractivity contribution in [1.82, 2.24) is 4.72 Å². The van der Waals surface area contributed by atoms with E-state index >= 15 is 0 Å². The van der Waals surface area contributed by atoms with E-state index in [1.165, 1.54) is 12.1 Å². The summed E-state index contributed by atoms with van der Waals surface area (Å²) in [6.45, 7) is 0.293. The fourth-order valence-corrected chi connectivity index (χ4v) is 3.63. The van der Waals surface area contributed by atoms with Crippen molar-refractivity contribution in [3.63, 3.8) is 0 Å². The van der Waals surface area contributed by atoms with Crippen LogP contribution in [0.3, 0.4) is 0 Å². The summed E-state index contributed by atoms with van der Waals surface area (Å²) in [5.74, 6) is -1.23. The number of hydrogen-bond donors (Lipinski definition) is 3. The van der Waals surface area contributed by atoms with Gasteiger partial charge in [-0.05, 0) is 54.8 Å². The average molecular weight is 383 g/mol. The van der Waals surface area contributed by atoms with Crippen LogP contribution in [0.5, 0.6) is 0 Å². The van der Waals surface area contributed by atoms with Gasteiger partial charge in [-0.2, -0.15) is 4.72 Å². The Hall–Kier alpha value is -1.93. The fraction of sp³-hybridized carbons (Fsp3) is 0.235. The first-order valence-electron chi connectivity index (χ1n) is 7.64. The highest BCUT2D eigenvalue weighted by Gasteiger charge is 2.24. The van der Waals surface area contributed by atoms with Gasteiger partial charge in [-0.3, -0.25) is 4.79 Å². The largest absolute Gasteiger partial charge is 0.480 e.